The Bertz CT molecular complexity index is 1490. The van der Waals surface area contributed by atoms with E-state index < -0.39 is 5.41 Å². The molecule has 5 aromatic carbocycles. The summed E-state index contributed by atoms with van der Waals surface area (Å²) in [5.74, 6) is -0.0771. The standard InChI is InChI=1S/C28H20O3/c1-28(20-10-4-2-8-18(20)19-9-3-5-11-21(19)28)22-14-13-17-15-16-7-6-12-23(29)24(16)27(31)25(17)26(22)30/h2-15,29-31H,1H3. The fourth-order valence-corrected chi connectivity index (χ4v) is 5.35. The van der Waals surface area contributed by atoms with Gasteiger partial charge in [0.25, 0.3) is 0 Å². The molecule has 0 saturated heterocycles. The molecule has 0 aliphatic heterocycles. The summed E-state index contributed by atoms with van der Waals surface area (Å²) in [4.78, 5) is 0. The van der Waals surface area contributed by atoms with Crippen LogP contribution in [-0.2, 0) is 5.41 Å². The maximum Gasteiger partial charge on any atom is 0.138 e. The van der Waals surface area contributed by atoms with Crippen molar-refractivity contribution in [3.63, 3.8) is 0 Å². The molecule has 3 nitrogen and oxygen atoms in total. The second kappa shape index (κ2) is 6.02. The van der Waals surface area contributed by atoms with Gasteiger partial charge in [-0.1, -0.05) is 72.8 Å². The van der Waals surface area contributed by atoms with Crippen LogP contribution in [0.3, 0.4) is 0 Å². The maximum absolute atomic E-state index is 11.5. The van der Waals surface area contributed by atoms with Gasteiger partial charge in [-0.05, 0) is 52.1 Å². The molecule has 0 heterocycles. The van der Waals surface area contributed by atoms with Crippen molar-refractivity contribution in [1.82, 2.24) is 0 Å². The minimum atomic E-state index is -0.578. The number of rotatable bonds is 1. The predicted molar refractivity (Wildman–Crippen MR) is 124 cm³/mol. The first-order valence-electron chi connectivity index (χ1n) is 10.3. The molecule has 3 heteroatoms. The van der Waals surface area contributed by atoms with Crippen LogP contribution in [0.2, 0.25) is 0 Å². The van der Waals surface area contributed by atoms with E-state index in [0.29, 0.717) is 10.8 Å². The van der Waals surface area contributed by atoms with Crippen LogP contribution >= 0.6 is 0 Å². The Morgan fingerprint density at radius 2 is 1.16 bits per heavy atom. The van der Waals surface area contributed by atoms with Gasteiger partial charge in [0.05, 0.1) is 10.8 Å². The molecule has 0 aromatic heterocycles. The van der Waals surface area contributed by atoms with E-state index in [1.807, 2.05) is 48.5 Å². The van der Waals surface area contributed by atoms with Crippen LogP contribution in [0.4, 0.5) is 0 Å². The lowest BCUT2D eigenvalue weighted by Gasteiger charge is -2.29. The lowest BCUT2D eigenvalue weighted by atomic mass is 9.73. The van der Waals surface area contributed by atoms with Crippen LogP contribution in [0.1, 0.15) is 23.6 Å². The third-order valence-corrected chi connectivity index (χ3v) is 6.83. The van der Waals surface area contributed by atoms with Crippen LogP contribution in [0.25, 0.3) is 32.7 Å². The van der Waals surface area contributed by atoms with Gasteiger partial charge >= 0.3 is 0 Å². The van der Waals surface area contributed by atoms with Crippen LogP contribution in [0.15, 0.2) is 84.9 Å². The van der Waals surface area contributed by atoms with Gasteiger partial charge in [-0.2, -0.15) is 0 Å². The van der Waals surface area contributed by atoms with Gasteiger partial charge in [0.15, 0.2) is 0 Å². The fraction of sp³-hybridized carbons (Fsp3) is 0.0714. The molecule has 0 amide bonds. The van der Waals surface area contributed by atoms with Crippen LogP contribution in [-0.4, -0.2) is 15.3 Å². The summed E-state index contributed by atoms with van der Waals surface area (Å²) >= 11 is 0. The van der Waals surface area contributed by atoms with Gasteiger partial charge < -0.3 is 15.3 Å². The molecular weight excluding hydrogens is 384 g/mol. The van der Waals surface area contributed by atoms with E-state index in [1.165, 1.54) is 0 Å². The molecule has 31 heavy (non-hydrogen) atoms. The van der Waals surface area contributed by atoms with E-state index in [4.69, 9.17) is 0 Å². The van der Waals surface area contributed by atoms with Crippen molar-refractivity contribution in [2.75, 3.05) is 0 Å². The molecular formula is C28H20O3. The van der Waals surface area contributed by atoms with Crippen molar-refractivity contribution in [2.24, 2.45) is 0 Å². The Hall–Kier alpha value is -3.98. The highest BCUT2D eigenvalue weighted by Gasteiger charge is 2.42. The molecule has 0 fully saturated rings. The maximum atomic E-state index is 11.5. The van der Waals surface area contributed by atoms with Crippen molar-refractivity contribution >= 4 is 21.5 Å². The number of benzene rings is 5. The van der Waals surface area contributed by atoms with E-state index in [1.54, 1.807) is 12.1 Å². The molecule has 1 aliphatic carbocycles. The zero-order valence-electron chi connectivity index (χ0n) is 16.9. The molecule has 150 valence electrons. The van der Waals surface area contributed by atoms with Gasteiger partial charge in [-0.3, -0.25) is 0 Å². The van der Waals surface area contributed by atoms with E-state index >= 15 is 0 Å². The summed E-state index contributed by atoms with van der Waals surface area (Å²) in [6.07, 6.45) is 0. The van der Waals surface area contributed by atoms with Crippen LogP contribution in [0, 0.1) is 0 Å². The molecule has 5 aromatic rings. The Balaban J connectivity index is 1.73. The zero-order chi connectivity index (χ0) is 21.3. The van der Waals surface area contributed by atoms with E-state index in [-0.39, 0.29) is 17.2 Å². The van der Waals surface area contributed by atoms with E-state index in [2.05, 4.69) is 31.2 Å². The summed E-state index contributed by atoms with van der Waals surface area (Å²) in [5.41, 5.74) is 4.69. The summed E-state index contributed by atoms with van der Waals surface area (Å²) in [5, 5.41) is 35.1. The van der Waals surface area contributed by atoms with Crippen molar-refractivity contribution in [2.45, 2.75) is 12.3 Å². The Labute approximate surface area is 179 Å². The van der Waals surface area contributed by atoms with Gasteiger partial charge in [0.2, 0.25) is 0 Å². The largest absolute Gasteiger partial charge is 0.507 e. The average Bonchev–Trinajstić information content (AvgIpc) is 3.04. The SMILES string of the molecule is CC1(c2ccc3cc4cccc(O)c4c(O)c3c2O)c2ccccc2-c2ccccc21. The Morgan fingerprint density at radius 3 is 1.84 bits per heavy atom. The zero-order valence-corrected chi connectivity index (χ0v) is 16.9. The minimum Gasteiger partial charge on any atom is -0.507 e. The second-order valence-electron chi connectivity index (χ2n) is 8.38. The highest BCUT2D eigenvalue weighted by atomic mass is 16.3. The first kappa shape index (κ1) is 17.8. The Kier molecular flexibility index (Phi) is 3.46. The number of phenols is 3. The van der Waals surface area contributed by atoms with Gasteiger partial charge in [0.1, 0.15) is 17.2 Å². The highest BCUT2D eigenvalue weighted by Crippen LogP contribution is 2.56. The number of aromatic hydroxyl groups is 3. The molecule has 3 N–H and O–H groups in total. The van der Waals surface area contributed by atoms with Gasteiger partial charge in [-0.25, -0.2) is 0 Å². The summed E-state index contributed by atoms with van der Waals surface area (Å²) in [6.45, 7) is 2.12. The Morgan fingerprint density at radius 1 is 0.548 bits per heavy atom. The quantitative estimate of drug-likeness (QED) is 0.282. The van der Waals surface area contributed by atoms with Crippen LogP contribution in [0.5, 0.6) is 17.2 Å². The van der Waals surface area contributed by atoms with Gasteiger partial charge in [0, 0.05) is 11.0 Å². The molecule has 0 radical (unpaired) electrons. The molecule has 0 saturated carbocycles. The number of hydrogen-bond donors (Lipinski definition) is 3. The van der Waals surface area contributed by atoms with Crippen molar-refractivity contribution < 1.29 is 15.3 Å². The minimum absolute atomic E-state index is 0.00975. The molecule has 0 unspecified atom stereocenters. The predicted octanol–water partition coefficient (Wildman–Crippen LogP) is 6.44. The monoisotopic (exact) mass is 404 g/mol. The van der Waals surface area contributed by atoms with Crippen molar-refractivity contribution in [3.8, 4) is 28.4 Å². The third kappa shape index (κ3) is 2.18. The van der Waals surface area contributed by atoms with Gasteiger partial charge in [-0.15, -0.1) is 0 Å². The molecule has 0 spiro atoms. The first-order chi connectivity index (χ1) is 15.0. The number of hydrogen-bond acceptors (Lipinski definition) is 3. The molecule has 1 aliphatic rings. The van der Waals surface area contributed by atoms with E-state index in [9.17, 15) is 15.3 Å². The molecule has 6 rings (SSSR count). The molecule has 0 atom stereocenters. The van der Waals surface area contributed by atoms with E-state index in [0.717, 1.165) is 38.6 Å². The lowest BCUT2D eigenvalue weighted by molar-refractivity contribution is 0.452. The lowest BCUT2D eigenvalue weighted by Crippen LogP contribution is -2.22. The first-order valence-corrected chi connectivity index (χ1v) is 10.3. The number of fused-ring (bicyclic) bond motifs is 5. The van der Waals surface area contributed by atoms with Crippen LogP contribution < -0.4 is 0 Å². The van der Waals surface area contributed by atoms with Crippen molar-refractivity contribution in [1.29, 1.82) is 0 Å². The molecule has 0 bridgehead atoms. The third-order valence-electron chi connectivity index (χ3n) is 6.83. The number of phenolic OH excluding ortho intramolecular Hbond substituents is 3. The normalized spacial score (nSPS) is 14.0. The summed E-state index contributed by atoms with van der Waals surface area (Å²) < 4.78 is 0. The second-order valence-corrected chi connectivity index (χ2v) is 8.38. The summed E-state index contributed by atoms with van der Waals surface area (Å²) in [7, 11) is 0. The van der Waals surface area contributed by atoms with Crippen molar-refractivity contribution in [3.05, 3.63) is 102 Å². The summed E-state index contributed by atoms with van der Waals surface area (Å²) in [6, 6.07) is 27.4. The smallest absolute Gasteiger partial charge is 0.138 e. The average molecular weight is 404 g/mol. The fourth-order valence-electron chi connectivity index (χ4n) is 5.35. The highest BCUT2D eigenvalue weighted by molar-refractivity contribution is 6.10. The topological polar surface area (TPSA) is 60.7 Å².